The molecule has 0 bridgehead atoms. The van der Waals surface area contributed by atoms with E-state index in [0.717, 1.165) is 57.7 Å². The van der Waals surface area contributed by atoms with Crippen molar-refractivity contribution in [1.29, 1.82) is 0 Å². The first kappa shape index (κ1) is 22.5. The fourth-order valence-electron chi connectivity index (χ4n) is 7.13. The number of carbonyl (C=O) groups is 2. The van der Waals surface area contributed by atoms with Crippen LogP contribution in [0.3, 0.4) is 0 Å². The van der Waals surface area contributed by atoms with Crippen LogP contribution in [0, 0.1) is 17.8 Å². The molecule has 5 fully saturated rings. The molecule has 2 aliphatic heterocycles. The van der Waals surface area contributed by atoms with Crippen LogP contribution >= 0.6 is 0 Å². The van der Waals surface area contributed by atoms with Gasteiger partial charge >= 0.3 is 6.09 Å². The SMILES string of the molecule is CC(=O)N1C2CCC(C3CNN(C4CC4)C3)CC2N(C(=O)OC2CCCC(C)C2)C[C@@H]1C. The van der Waals surface area contributed by atoms with E-state index in [4.69, 9.17) is 4.74 Å². The van der Waals surface area contributed by atoms with Crippen molar-refractivity contribution in [2.24, 2.45) is 17.8 Å². The van der Waals surface area contributed by atoms with Gasteiger partial charge in [0.1, 0.15) is 6.10 Å². The molecule has 0 radical (unpaired) electrons. The summed E-state index contributed by atoms with van der Waals surface area (Å²) < 4.78 is 6.07. The highest BCUT2D eigenvalue weighted by molar-refractivity contribution is 5.75. The molecule has 32 heavy (non-hydrogen) atoms. The van der Waals surface area contributed by atoms with Crippen molar-refractivity contribution in [2.75, 3.05) is 19.6 Å². The van der Waals surface area contributed by atoms with E-state index < -0.39 is 0 Å². The normalized spacial score (nSPS) is 40.8. The number of carbonyl (C=O) groups excluding carboxylic acids is 2. The molecule has 1 N–H and O–H groups in total. The lowest BCUT2D eigenvalue weighted by atomic mass is 9.73. The van der Waals surface area contributed by atoms with Crippen molar-refractivity contribution in [3.63, 3.8) is 0 Å². The third-order valence-electron chi connectivity index (χ3n) is 8.91. The number of ether oxygens (including phenoxy) is 1. The number of nitrogens with zero attached hydrogens (tertiary/aromatic N) is 3. The highest BCUT2D eigenvalue weighted by Crippen LogP contribution is 2.41. The van der Waals surface area contributed by atoms with Gasteiger partial charge in [0, 0.05) is 38.6 Å². The van der Waals surface area contributed by atoms with Gasteiger partial charge < -0.3 is 14.5 Å². The molecule has 3 saturated carbocycles. The Labute approximate surface area is 193 Å². The largest absolute Gasteiger partial charge is 0.446 e. The average Bonchev–Trinajstić information content (AvgIpc) is 3.49. The number of nitrogens with one attached hydrogen (secondary N) is 1. The fourth-order valence-corrected chi connectivity index (χ4v) is 7.13. The third-order valence-corrected chi connectivity index (χ3v) is 8.91. The molecule has 180 valence electrons. The number of fused-ring (bicyclic) bond motifs is 1. The maximum atomic E-state index is 13.4. The third kappa shape index (κ3) is 4.52. The van der Waals surface area contributed by atoms with Gasteiger partial charge in [-0.3, -0.25) is 10.2 Å². The Kier molecular flexibility index (Phi) is 6.41. The molecule has 5 aliphatic rings. The molecule has 0 aromatic carbocycles. The number of hydrazine groups is 1. The summed E-state index contributed by atoms with van der Waals surface area (Å²) in [6.45, 7) is 8.80. The van der Waals surface area contributed by atoms with E-state index in [0.29, 0.717) is 24.3 Å². The first-order valence-electron chi connectivity index (χ1n) is 13.2. The lowest BCUT2D eigenvalue weighted by Gasteiger charge is -2.54. The fraction of sp³-hybridized carbons (Fsp3) is 0.920. The summed E-state index contributed by atoms with van der Waals surface area (Å²) in [5.74, 6) is 2.01. The first-order chi connectivity index (χ1) is 15.4. The molecule has 5 rings (SSSR count). The van der Waals surface area contributed by atoms with Gasteiger partial charge in [-0.25, -0.2) is 9.80 Å². The van der Waals surface area contributed by atoms with Crippen LogP contribution < -0.4 is 5.43 Å². The summed E-state index contributed by atoms with van der Waals surface area (Å²) in [7, 11) is 0. The predicted octanol–water partition coefficient (Wildman–Crippen LogP) is 3.39. The number of rotatable bonds is 3. The number of hydrogen-bond acceptors (Lipinski definition) is 5. The van der Waals surface area contributed by atoms with Gasteiger partial charge in [-0.1, -0.05) is 13.3 Å². The van der Waals surface area contributed by atoms with Crippen LogP contribution in [0.5, 0.6) is 0 Å². The van der Waals surface area contributed by atoms with Crippen LogP contribution in [0.25, 0.3) is 0 Å². The maximum absolute atomic E-state index is 13.4. The molecule has 7 nitrogen and oxygen atoms in total. The van der Waals surface area contributed by atoms with E-state index in [-0.39, 0.29) is 36.2 Å². The average molecular weight is 447 g/mol. The van der Waals surface area contributed by atoms with Crippen molar-refractivity contribution in [3.05, 3.63) is 0 Å². The summed E-state index contributed by atoms with van der Waals surface area (Å²) in [6, 6.07) is 0.989. The second-order valence-electron chi connectivity index (χ2n) is 11.4. The molecular weight excluding hydrogens is 404 g/mol. The van der Waals surface area contributed by atoms with Crippen LogP contribution in [0.2, 0.25) is 0 Å². The van der Waals surface area contributed by atoms with Crippen molar-refractivity contribution < 1.29 is 14.3 Å². The Morgan fingerprint density at radius 1 is 0.906 bits per heavy atom. The molecule has 2 amide bonds. The summed E-state index contributed by atoms with van der Waals surface area (Å²) in [4.78, 5) is 30.0. The first-order valence-corrected chi connectivity index (χ1v) is 13.2. The van der Waals surface area contributed by atoms with Crippen LogP contribution in [0.1, 0.15) is 78.6 Å². The number of amides is 2. The van der Waals surface area contributed by atoms with Crippen LogP contribution in [0.4, 0.5) is 4.79 Å². The zero-order valence-corrected chi connectivity index (χ0v) is 20.2. The van der Waals surface area contributed by atoms with Gasteiger partial charge in [-0.05, 0) is 76.0 Å². The van der Waals surface area contributed by atoms with E-state index in [1.807, 2.05) is 4.90 Å². The van der Waals surface area contributed by atoms with Crippen molar-refractivity contribution >= 4 is 12.0 Å². The maximum Gasteiger partial charge on any atom is 0.410 e. The summed E-state index contributed by atoms with van der Waals surface area (Å²) in [6.07, 6.45) is 10.0. The lowest BCUT2D eigenvalue weighted by molar-refractivity contribution is -0.142. The van der Waals surface area contributed by atoms with E-state index in [2.05, 4.69) is 29.2 Å². The van der Waals surface area contributed by atoms with Crippen molar-refractivity contribution in [2.45, 2.75) is 109 Å². The quantitative estimate of drug-likeness (QED) is 0.720. The molecule has 0 spiro atoms. The Balaban J connectivity index is 1.29. The predicted molar refractivity (Wildman–Crippen MR) is 123 cm³/mol. The second kappa shape index (κ2) is 9.13. The van der Waals surface area contributed by atoms with Crippen molar-refractivity contribution in [3.8, 4) is 0 Å². The molecule has 6 unspecified atom stereocenters. The molecule has 7 heteroatoms. The summed E-state index contributed by atoms with van der Waals surface area (Å²) in [5, 5.41) is 2.46. The van der Waals surface area contributed by atoms with Gasteiger partial charge in [-0.2, -0.15) is 0 Å². The van der Waals surface area contributed by atoms with Crippen LogP contribution in [-0.2, 0) is 9.53 Å². The highest BCUT2D eigenvalue weighted by atomic mass is 16.6. The van der Waals surface area contributed by atoms with E-state index in [9.17, 15) is 9.59 Å². The van der Waals surface area contributed by atoms with E-state index in [1.165, 1.54) is 19.3 Å². The van der Waals surface area contributed by atoms with Gasteiger partial charge in [0.05, 0.1) is 12.1 Å². The smallest absolute Gasteiger partial charge is 0.410 e. The van der Waals surface area contributed by atoms with Crippen molar-refractivity contribution in [1.82, 2.24) is 20.2 Å². The van der Waals surface area contributed by atoms with Gasteiger partial charge in [-0.15, -0.1) is 0 Å². The minimum absolute atomic E-state index is 0.0432. The Morgan fingerprint density at radius 2 is 1.72 bits per heavy atom. The minimum atomic E-state index is -0.140. The summed E-state index contributed by atoms with van der Waals surface area (Å²) >= 11 is 0. The number of piperazine rings is 1. The zero-order valence-electron chi connectivity index (χ0n) is 20.2. The molecule has 0 aromatic heterocycles. The van der Waals surface area contributed by atoms with E-state index in [1.54, 1.807) is 6.92 Å². The molecule has 7 atom stereocenters. The standard InChI is InChI=1S/C25H42N4O3/c1-16-5-4-6-22(11-16)32-25(31)27-14-17(2)29(18(3)30)23-10-7-19(12-24(23)27)20-13-26-28(15-20)21-8-9-21/h16-17,19-24,26H,4-15H2,1-3H3/t16?,17-,19?,20?,22?,23?,24?/m0/s1. The zero-order chi connectivity index (χ0) is 22.4. The Bertz CT molecular complexity index is 713. The van der Waals surface area contributed by atoms with Gasteiger partial charge in [0.15, 0.2) is 0 Å². The van der Waals surface area contributed by atoms with Crippen LogP contribution in [0.15, 0.2) is 0 Å². The monoisotopic (exact) mass is 446 g/mol. The molecule has 2 heterocycles. The molecule has 2 saturated heterocycles. The van der Waals surface area contributed by atoms with Gasteiger partial charge in [0.25, 0.3) is 0 Å². The molecule has 3 aliphatic carbocycles. The highest BCUT2D eigenvalue weighted by Gasteiger charge is 2.49. The molecule has 0 aromatic rings. The Morgan fingerprint density at radius 3 is 2.44 bits per heavy atom. The topological polar surface area (TPSA) is 65.1 Å². The summed E-state index contributed by atoms with van der Waals surface area (Å²) in [5.41, 5.74) is 3.63. The van der Waals surface area contributed by atoms with Gasteiger partial charge in [0.2, 0.25) is 5.91 Å². The molecular formula is C25H42N4O3. The minimum Gasteiger partial charge on any atom is -0.446 e. The Hall–Kier alpha value is -1.34. The number of hydrogen-bond donors (Lipinski definition) is 1. The van der Waals surface area contributed by atoms with E-state index >= 15 is 0 Å². The lowest BCUT2D eigenvalue weighted by Crippen LogP contribution is -2.67. The van der Waals surface area contributed by atoms with Crippen LogP contribution in [-0.4, -0.2) is 76.7 Å². The second-order valence-corrected chi connectivity index (χ2v) is 11.4.